The van der Waals surface area contributed by atoms with Crippen molar-refractivity contribution in [2.75, 3.05) is 32.7 Å². The summed E-state index contributed by atoms with van der Waals surface area (Å²) in [5.41, 5.74) is 4.07. The number of rotatable bonds is 11. The molecule has 0 spiro atoms. The molecule has 0 atom stereocenters. The molecule has 0 aliphatic carbocycles. The van der Waals surface area contributed by atoms with Crippen LogP contribution in [0.3, 0.4) is 0 Å². The smallest absolute Gasteiger partial charge is 0.329 e. The zero-order valence-corrected chi connectivity index (χ0v) is 20.8. The number of anilines is 1. The van der Waals surface area contributed by atoms with Crippen molar-refractivity contribution in [3.8, 4) is 17.2 Å². The Morgan fingerprint density at radius 2 is 1.68 bits per heavy atom. The highest BCUT2D eigenvalue weighted by atomic mass is 19.1. The van der Waals surface area contributed by atoms with Crippen molar-refractivity contribution in [3.05, 3.63) is 83.7 Å². The molecule has 198 valence electrons. The monoisotopic (exact) mass is 522 g/mol. The standard InChI is InChI=1S/C27H27FN4O6/c1-36-23-11-6-18(15-24(23)37-2)12-13-29-26(34)27(35)32-30-16-19-4-3-5-22(14-19)38-17-25(33)31-21-9-7-20(28)8-10-21/h3-11,14-16H,12-13,17H2,1-2H3,(H,29,34)(H,31,33)(H,32,35)/b30-16-. The number of hydrogen-bond donors (Lipinski definition) is 3. The molecule has 0 aromatic heterocycles. The SMILES string of the molecule is COc1ccc(CCNC(=O)C(=O)N/N=C\c2cccc(OCC(=O)Nc3ccc(F)cc3)c2)cc1OC. The predicted octanol–water partition coefficient (Wildman–Crippen LogP) is 2.67. The molecule has 3 aromatic rings. The van der Waals surface area contributed by atoms with E-state index in [1.165, 1.54) is 37.6 Å². The normalized spacial score (nSPS) is 10.5. The van der Waals surface area contributed by atoms with Gasteiger partial charge in [0.15, 0.2) is 18.1 Å². The first kappa shape index (κ1) is 27.7. The van der Waals surface area contributed by atoms with Crippen LogP contribution in [0.4, 0.5) is 10.1 Å². The molecule has 11 heteroatoms. The highest BCUT2D eigenvalue weighted by Crippen LogP contribution is 2.27. The summed E-state index contributed by atoms with van der Waals surface area (Å²) in [6.45, 7) is -0.0300. The molecule has 0 radical (unpaired) electrons. The van der Waals surface area contributed by atoms with Crippen molar-refractivity contribution in [2.24, 2.45) is 5.10 Å². The highest BCUT2D eigenvalue weighted by molar-refractivity contribution is 6.35. The molecule has 3 amide bonds. The third-order valence-electron chi connectivity index (χ3n) is 5.09. The second-order valence-corrected chi connectivity index (χ2v) is 7.81. The summed E-state index contributed by atoms with van der Waals surface area (Å²) < 4.78 is 28.9. The number of nitrogens with one attached hydrogen (secondary N) is 3. The van der Waals surface area contributed by atoms with Gasteiger partial charge in [-0.1, -0.05) is 18.2 Å². The summed E-state index contributed by atoms with van der Waals surface area (Å²) in [6, 6.07) is 17.4. The lowest BCUT2D eigenvalue weighted by atomic mass is 10.1. The van der Waals surface area contributed by atoms with E-state index in [4.69, 9.17) is 14.2 Å². The van der Waals surface area contributed by atoms with E-state index in [-0.39, 0.29) is 13.2 Å². The van der Waals surface area contributed by atoms with Gasteiger partial charge in [0.05, 0.1) is 20.4 Å². The van der Waals surface area contributed by atoms with Gasteiger partial charge in [-0.3, -0.25) is 14.4 Å². The fourth-order valence-electron chi connectivity index (χ4n) is 3.22. The average Bonchev–Trinajstić information content (AvgIpc) is 2.93. The summed E-state index contributed by atoms with van der Waals surface area (Å²) in [5, 5.41) is 8.91. The zero-order valence-electron chi connectivity index (χ0n) is 20.8. The van der Waals surface area contributed by atoms with Gasteiger partial charge in [-0.2, -0.15) is 5.10 Å². The summed E-state index contributed by atoms with van der Waals surface area (Å²) in [5.74, 6) is -0.999. The van der Waals surface area contributed by atoms with Crippen LogP contribution in [0.25, 0.3) is 0 Å². The van der Waals surface area contributed by atoms with E-state index in [0.29, 0.717) is 34.9 Å². The lowest BCUT2D eigenvalue weighted by Gasteiger charge is -2.10. The highest BCUT2D eigenvalue weighted by Gasteiger charge is 2.12. The van der Waals surface area contributed by atoms with Crippen molar-refractivity contribution in [2.45, 2.75) is 6.42 Å². The molecule has 0 saturated carbocycles. The Hall–Kier alpha value is -4.93. The van der Waals surface area contributed by atoms with Crippen LogP contribution in [0, 0.1) is 5.82 Å². The molecule has 0 bridgehead atoms. The molecule has 10 nitrogen and oxygen atoms in total. The van der Waals surface area contributed by atoms with Crippen molar-refractivity contribution >= 4 is 29.6 Å². The minimum atomic E-state index is -0.918. The average molecular weight is 523 g/mol. The number of methoxy groups -OCH3 is 2. The van der Waals surface area contributed by atoms with Crippen LogP contribution in [0.15, 0.2) is 71.8 Å². The van der Waals surface area contributed by atoms with E-state index < -0.39 is 23.5 Å². The summed E-state index contributed by atoms with van der Waals surface area (Å²) in [6.07, 6.45) is 1.82. The summed E-state index contributed by atoms with van der Waals surface area (Å²) >= 11 is 0. The Morgan fingerprint density at radius 3 is 2.42 bits per heavy atom. The van der Waals surface area contributed by atoms with Crippen LogP contribution in [0.1, 0.15) is 11.1 Å². The van der Waals surface area contributed by atoms with E-state index in [9.17, 15) is 18.8 Å². The maximum Gasteiger partial charge on any atom is 0.329 e. The molecule has 3 N–H and O–H groups in total. The molecule has 0 unspecified atom stereocenters. The molecule has 0 saturated heterocycles. The van der Waals surface area contributed by atoms with Crippen LogP contribution in [-0.2, 0) is 20.8 Å². The van der Waals surface area contributed by atoms with E-state index in [1.54, 1.807) is 43.5 Å². The van der Waals surface area contributed by atoms with Gasteiger partial charge in [-0.15, -0.1) is 0 Å². The van der Waals surface area contributed by atoms with Gasteiger partial charge in [0, 0.05) is 12.2 Å². The van der Waals surface area contributed by atoms with Gasteiger partial charge in [0.1, 0.15) is 11.6 Å². The fraction of sp³-hybridized carbons (Fsp3) is 0.185. The fourth-order valence-corrected chi connectivity index (χ4v) is 3.22. The van der Waals surface area contributed by atoms with Crippen molar-refractivity contribution in [1.82, 2.24) is 10.7 Å². The van der Waals surface area contributed by atoms with Crippen molar-refractivity contribution < 1.29 is 33.0 Å². The van der Waals surface area contributed by atoms with Gasteiger partial charge in [0.2, 0.25) is 0 Å². The molecule has 0 aliphatic heterocycles. The van der Waals surface area contributed by atoms with E-state index in [1.807, 2.05) is 6.07 Å². The number of hydrazone groups is 1. The lowest BCUT2D eigenvalue weighted by molar-refractivity contribution is -0.139. The summed E-state index contributed by atoms with van der Waals surface area (Å²) in [4.78, 5) is 36.1. The maximum atomic E-state index is 13.0. The Kier molecular flexibility index (Phi) is 10.2. The number of halogens is 1. The van der Waals surface area contributed by atoms with E-state index >= 15 is 0 Å². The minimum Gasteiger partial charge on any atom is -0.493 e. The lowest BCUT2D eigenvalue weighted by Crippen LogP contribution is -2.38. The first-order chi connectivity index (χ1) is 18.4. The van der Waals surface area contributed by atoms with Gasteiger partial charge in [-0.05, 0) is 66.1 Å². The van der Waals surface area contributed by atoms with Gasteiger partial charge < -0.3 is 24.8 Å². The molecule has 0 aliphatic rings. The molecule has 0 heterocycles. The van der Waals surface area contributed by atoms with Gasteiger partial charge in [-0.25, -0.2) is 9.82 Å². The quantitative estimate of drug-likeness (QED) is 0.202. The first-order valence-corrected chi connectivity index (χ1v) is 11.5. The van der Waals surface area contributed by atoms with Crippen LogP contribution in [0.2, 0.25) is 0 Å². The summed E-state index contributed by atoms with van der Waals surface area (Å²) in [7, 11) is 3.08. The minimum absolute atomic E-state index is 0.236. The number of benzene rings is 3. The van der Waals surface area contributed by atoms with Crippen LogP contribution < -0.4 is 30.3 Å². The Balaban J connectivity index is 1.41. The largest absolute Gasteiger partial charge is 0.493 e. The van der Waals surface area contributed by atoms with Crippen molar-refractivity contribution in [3.63, 3.8) is 0 Å². The van der Waals surface area contributed by atoms with Crippen LogP contribution in [0.5, 0.6) is 17.2 Å². The first-order valence-electron chi connectivity index (χ1n) is 11.5. The molecular formula is C27H27FN4O6. The number of amides is 3. The van der Waals surface area contributed by atoms with Crippen molar-refractivity contribution in [1.29, 1.82) is 0 Å². The Morgan fingerprint density at radius 1 is 0.921 bits per heavy atom. The Bertz CT molecular complexity index is 1300. The number of ether oxygens (including phenoxy) is 3. The Labute approximate surface area is 218 Å². The van der Waals surface area contributed by atoms with Crippen LogP contribution in [-0.4, -0.2) is 51.3 Å². The molecular weight excluding hydrogens is 495 g/mol. The second-order valence-electron chi connectivity index (χ2n) is 7.81. The third-order valence-corrected chi connectivity index (χ3v) is 5.09. The topological polar surface area (TPSA) is 127 Å². The maximum absolute atomic E-state index is 13.0. The molecule has 3 rings (SSSR count). The number of nitrogens with zero attached hydrogens (tertiary/aromatic N) is 1. The number of hydrogen-bond acceptors (Lipinski definition) is 7. The molecule has 38 heavy (non-hydrogen) atoms. The predicted molar refractivity (Wildman–Crippen MR) is 139 cm³/mol. The van der Waals surface area contributed by atoms with Gasteiger partial charge >= 0.3 is 11.8 Å². The second kappa shape index (κ2) is 14.0. The number of carbonyl (C=O) groups is 3. The number of carbonyl (C=O) groups excluding carboxylic acids is 3. The van der Waals surface area contributed by atoms with E-state index in [2.05, 4.69) is 21.2 Å². The van der Waals surface area contributed by atoms with E-state index in [0.717, 1.165) is 5.56 Å². The third kappa shape index (κ3) is 8.63. The van der Waals surface area contributed by atoms with Crippen LogP contribution >= 0.6 is 0 Å². The molecule has 0 fully saturated rings. The zero-order chi connectivity index (χ0) is 27.3. The molecule has 3 aromatic carbocycles. The van der Waals surface area contributed by atoms with Gasteiger partial charge in [0.25, 0.3) is 5.91 Å².